The number of benzene rings is 1. The summed E-state index contributed by atoms with van der Waals surface area (Å²) >= 11 is 0. The van der Waals surface area contributed by atoms with Crippen LogP contribution in [-0.4, -0.2) is 18.6 Å². The number of nitrogen functional groups attached to an aromatic ring is 1. The Morgan fingerprint density at radius 1 is 1.50 bits per heavy atom. The number of ether oxygens (including phenoxy) is 1. The van der Waals surface area contributed by atoms with Crippen LogP contribution in [0.5, 0.6) is 5.75 Å². The molecular formula is C14H22N2O2. The zero-order valence-corrected chi connectivity index (χ0v) is 11.3. The lowest BCUT2D eigenvalue weighted by molar-refractivity contribution is -0.123. The van der Waals surface area contributed by atoms with Crippen molar-refractivity contribution in [1.29, 1.82) is 0 Å². The molecule has 1 rings (SSSR count). The van der Waals surface area contributed by atoms with Crippen LogP contribution in [0, 0.1) is 6.92 Å². The van der Waals surface area contributed by atoms with Gasteiger partial charge in [-0.15, -0.1) is 0 Å². The fourth-order valence-electron chi connectivity index (χ4n) is 1.75. The van der Waals surface area contributed by atoms with Crippen LogP contribution in [0.4, 0.5) is 5.69 Å². The lowest BCUT2D eigenvalue weighted by Gasteiger charge is -2.14. The van der Waals surface area contributed by atoms with E-state index >= 15 is 0 Å². The second kappa shape index (κ2) is 6.89. The molecule has 3 N–H and O–H groups in total. The van der Waals surface area contributed by atoms with Crippen molar-refractivity contribution in [3.8, 4) is 5.75 Å². The smallest absolute Gasteiger partial charge is 0.258 e. The largest absolute Gasteiger partial charge is 0.483 e. The van der Waals surface area contributed by atoms with Crippen molar-refractivity contribution < 1.29 is 9.53 Å². The standard InChI is InChI=1S/C14H22N2O2/c1-4-6-10(2)16-14(17)9-18-13-8-5-7-12(15)11(13)3/h5,7-8,10H,4,6,9,15H2,1-3H3,(H,16,17). The molecule has 0 heterocycles. The molecule has 0 saturated heterocycles. The molecule has 1 aromatic carbocycles. The summed E-state index contributed by atoms with van der Waals surface area (Å²) in [5.41, 5.74) is 7.31. The van der Waals surface area contributed by atoms with E-state index in [2.05, 4.69) is 12.2 Å². The molecule has 100 valence electrons. The summed E-state index contributed by atoms with van der Waals surface area (Å²) in [5, 5.41) is 2.89. The average molecular weight is 250 g/mol. The van der Waals surface area contributed by atoms with E-state index in [1.165, 1.54) is 0 Å². The Kier molecular flexibility index (Phi) is 5.49. The summed E-state index contributed by atoms with van der Waals surface area (Å²) in [7, 11) is 0. The van der Waals surface area contributed by atoms with Crippen LogP contribution >= 0.6 is 0 Å². The van der Waals surface area contributed by atoms with Crippen LogP contribution in [0.2, 0.25) is 0 Å². The highest BCUT2D eigenvalue weighted by Crippen LogP contribution is 2.22. The number of hydrogen-bond donors (Lipinski definition) is 2. The summed E-state index contributed by atoms with van der Waals surface area (Å²) in [5.74, 6) is 0.561. The predicted octanol–water partition coefficient (Wildman–Crippen LogP) is 2.26. The van der Waals surface area contributed by atoms with Gasteiger partial charge in [0, 0.05) is 17.3 Å². The first-order valence-corrected chi connectivity index (χ1v) is 6.31. The lowest BCUT2D eigenvalue weighted by Crippen LogP contribution is -2.36. The molecule has 4 heteroatoms. The first-order valence-electron chi connectivity index (χ1n) is 6.31. The molecule has 18 heavy (non-hydrogen) atoms. The van der Waals surface area contributed by atoms with E-state index in [9.17, 15) is 4.79 Å². The number of carbonyl (C=O) groups excluding carboxylic acids is 1. The van der Waals surface area contributed by atoms with Gasteiger partial charge in [-0.1, -0.05) is 19.4 Å². The summed E-state index contributed by atoms with van der Waals surface area (Å²) in [6.45, 7) is 5.99. The summed E-state index contributed by atoms with van der Waals surface area (Å²) in [6, 6.07) is 5.63. The molecule has 0 aliphatic carbocycles. The number of hydrogen-bond acceptors (Lipinski definition) is 3. The van der Waals surface area contributed by atoms with Gasteiger partial charge in [-0.3, -0.25) is 4.79 Å². The van der Waals surface area contributed by atoms with Crippen molar-refractivity contribution in [2.45, 2.75) is 39.7 Å². The van der Waals surface area contributed by atoms with Crippen LogP contribution in [0.1, 0.15) is 32.3 Å². The SMILES string of the molecule is CCCC(C)NC(=O)COc1cccc(N)c1C. The van der Waals surface area contributed by atoms with E-state index in [1.807, 2.05) is 32.0 Å². The van der Waals surface area contributed by atoms with Crippen LogP contribution in [0.15, 0.2) is 18.2 Å². The second-order valence-corrected chi connectivity index (χ2v) is 4.52. The molecule has 1 unspecified atom stereocenters. The van der Waals surface area contributed by atoms with Crippen LogP contribution in [-0.2, 0) is 4.79 Å². The molecule has 0 bridgehead atoms. The predicted molar refractivity (Wildman–Crippen MR) is 73.6 cm³/mol. The van der Waals surface area contributed by atoms with Crippen molar-refractivity contribution in [3.05, 3.63) is 23.8 Å². The Labute approximate surface area is 109 Å². The third kappa shape index (κ3) is 4.28. The van der Waals surface area contributed by atoms with Crippen LogP contribution < -0.4 is 15.8 Å². The molecule has 0 saturated carbocycles. The number of nitrogens with one attached hydrogen (secondary N) is 1. The van der Waals surface area contributed by atoms with Gasteiger partial charge in [0.25, 0.3) is 5.91 Å². The minimum Gasteiger partial charge on any atom is -0.483 e. The van der Waals surface area contributed by atoms with Gasteiger partial charge in [-0.2, -0.15) is 0 Å². The topological polar surface area (TPSA) is 64.3 Å². The highest BCUT2D eigenvalue weighted by Gasteiger charge is 2.08. The minimum absolute atomic E-state index is 0.0261. The highest BCUT2D eigenvalue weighted by molar-refractivity contribution is 5.77. The number of rotatable bonds is 6. The maximum Gasteiger partial charge on any atom is 0.258 e. The maximum atomic E-state index is 11.6. The van der Waals surface area contributed by atoms with Gasteiger partial charge in [-0.05, 0) is 32.4 Å². The number of carbonyl (C=O) groups is 1. The third-order valence-corrected chi connectivity index (χ3v) is 2.81. The van der Waals surface area contributed by atoms with Crippen molar-refractivity contribution in [3.63, 3.8) is 0 Å². The Hall–Kier alpha value is -1.71. The molecule has 0 aromatic heterocycles. The van der Waals surface area contributed by atoms with Gasteiger partial charge in [0.05, 0.1) is 0 Å². The molecule has 0 aliphatic rings. The van der Waals surface area contributed by atoms with E-state index < -0.39 is 0 Å². The molecule has 0 aliphatic heterocycles. The first kappa shape index (κ1) is 14.4. The number of amides is 1. The molecule has 1 aromatic rings. The van der Waals surface area contributed by atoms with Gasteiger partial charge in [0.1, 0.15) is 5.75 Å². The fourth-order valence-corrected chi connectivity index (χ4v) is 1.75. The normalized spacial score (nSPS) is 11.9. The van der Waals surface area contributed by atoms with Gasteiger partial charge < -0.3 is 15.8 Å². The van der Waals surface area contributed by atoms with Crippen LogP contribution in [0.3, 0.4) is 0 Å². The molecular weight excluding hydrogens is 228 g/mol. The lowest BCUT2D eigenvalue weighted by atomic mass is 10.2. The zero-order chi connectivity index (χ0) is 13.5. The monoisotopic (exact) mass is 250 g/mol. The Morgan fingerprint density at radius 2 is 2.22 bits per heavy atom. The van der Waals surface area contributed by atoms with Gasteiger partial charge in [0.15, 0.2) is 6.61 Å². The van der Waals surface area contributed by atoms with Crippen molar-refractivity contribution in [2.75, 3.05) is 12.3 Å². The summed E-state index contributed by atoms with van der Waals surface area (Å²) in [4.78, 5) is 11.6. The Bertz CT molecular complexity index is 405. The van der Waals surface area contributed by atoms with Crippen molar-refractivity contribution in [2.24, 2.45) is 0 Å². The molecule has 1 atom stereocenters. The highest BCUT2D eigenvalue weighted by atomic mass is 16.5. The molecule has 0 spiro atoms. The minimum atomic E-state index is -0.0993. The van der Waals surface area contributed by atoms with E-state index in [0.717, 1.165) is 18.4 Å². The average Bonchev–Trinajstić information content (AvgIpc) is 2.31. The molecule has 1 amide bonds. The molecule has 4 nitrogen and oxygen atoms in total. The molecule has 0 radical (unpaired) electrons. The number of nitrogens with two attached hydrogens (primary N) is 1. The summed E-state index contributed by atoms with van der Waals surface area (Å²) < 4.78 is 5.47. The van der Waals surface area contributed by atoms with E-state index in [-0.39, 0.29) is 18.6 Å². The second-order valence-electron chi connectivity index (χ2n) is 4.52. The Balaban J connectivity index is 2.45. The quantitative estimate of drug-likeness (QED) is 0.761. The third-order valence-electron chi connectivity index (χ3n) is 2.81. The first-order chi connectivity index (χ1) is 8.54. The number of anilines is 1. The van der Waals surface area contributed by atoms with Crippen molar-refractivity contribution in [1.82, 2.24) is 5.32 Å². The summed E-state index contributed by atoms with van der Waals surface area (Å²) in [6.07, 6.45) is 2.03. The Morgan fingerprint density at radius 3 is 2.89 bits per heavy atom. The molecule has 0 fully saturated rings. The van der Waals surface area contributed by atoms with Crippen LogP contribution in [0.25, 0.3) is 0 Å². The maximum absolute atomic E-state index is 11.6. The van der Waals surface area contributed by atoms with Gasteiger partial charge in [0.2, 0.25) is 0 Å². The zero-order valence-electron chi connectivity index (χ0n) is 11.3. The van der Waals surface area contributed by atoms with E-state index in [0.29, 0.717) is 11.4 Å². The van der Waals surface area contributed by atoms with Gasteiger partial charge in [-0.25, -0.2) is 0 Å². The van der Waals surface area contributed by atoms with Crippen molar-refractivity contribution >= 4 is 11.6 Å². The van der Waals surface area contributed by atoms with Gasteiger partial charge >= 0.3 is 0 Å². The fraction of sp³-hybridized carbons (Fsp3) is 0.500. The van der Waals surface area contributed by atoms with E-state index in [1.54, 1.807) is 0 Å². The van der Waals surface area contributed by atoms with E-state index in [4.69, 9.17) is 10.5 Å².